The van der Waals surface area contributed by atoms with Crippen molar-refractivity contribution in [3.8, 4) is 0 Å². The highest BCUT2D eigenvalue weighted by atomic mass is 14.7. The molecule has 0 amide bonds. The first-order valence-corrected chi connectivity index (χ1v) is 3.39. The van der Waals surface area contributed by atoms with Crippen molar-refractivity contribution in [2.75, 3.05) is 0 Å². The van der Waals surface area contributed by atoms with Crippen LogP contribution >= 0.6 is 0 Å². The van der Waals surface area contributed by atoms with Gasteiger partial charge < -0.3 is 0 Å². The molecule has 0 N–H and O–H groups in total. The van der Waals surface area contributed by atoms with E-state index in [4.69, 9.17) is 0 Å². The average Bonchev–Trinajstić information content (AvgIpc) is 2.33. The van der Waals surface area contributed by atoms with Crippen LogP contribution in [0.3, 0.4) is 0 Å². The third-order valence-corrected chi connectivity index (χ3v) is 1.83. The van der Waals surface area contributed by atoms with Gasteiger partial charge in [0.1, 0.15) is 0 Å². The molecule has 1 aliphatic heterocycles. The highest BCUT2D eigenvalue weighted by Gasteiger charge is 2.10. The number of nitrogens with zero attached hydrogens (tertiary/aromatic N) is 1. The van der Waals surface area contributed by atoms with E-state index >= 15 is 0 Å². The molecule has 0 atom stereocenters. The minimum absolute atomic E-state index is 1.23. The first-order valence-electron chi connectivity index (χ1n) is 3.39. The second kappa shape index (κ2) is 1.83. The first-order chi connectivity index (χ1) is 4.47. The fourth-order valence-corrected chi connectivity index (χ4v) is 1.31. The van der Waals surface area contributed by atoms with E-state index in [0.717, 1.165) is 0 Å². The number of hydrogen-bond acceptors (Lipinski definition) is 1. The van der Waals surface area contributed by atoms with Gasteiger partial charge in [-0.1, -0.05) is 6.08 Å². The van der Waals surface area contributed by atoms with E-state index < -0.39 is 0 Å². The maximum absolute atomic E-state index is 4.07. The molecule has 0 spiro atoms. The molecule has 0 saturated heterocycles. The molecule has 0 fully saturated rings. The second-order valence-electron chi connectivity index (χ2n) is 2.48. The first kappa shape index (κ1) is 4.98. The molecular weight excluding hydrogens is 110 g/mol. The zero-order valence-corrected chi connectivity index (χ0v) is 5.30. The Kier molecular flexibility index (Phi) is 1.01. The molecule has 0 unspecified atom stereocenters. The van der Waals surface area contributed by atoms with E-state index in [1.807, 2.05) is 12.4 Å². The summed E-state index contributed by atoms with van der Waals surface area (Å²) in [7, 11) is 0. The number of fused-ring (bicyclic) bond motifs is 1. The Morgan fingerprint density at radius 1 is 1.44 bits per heavy atom. The fourth-order valence-electron chi connectivity index (χ4n) is 1.31. The number of allylic oxidation sites excluding steroid dienone is 3. The third kappa shape index (κ3) is 0.727. The predicted octanol–water partition coefficient (Wildman–Crippen LogP) is 2.06. The van der Waals surface area contributed by atoms with E-state index in [1.54, 1.807) is 0 Å². The molecule has 0 bridgehead atoms. The molecule has 1 heteroatoms. The molecule has 9 heavy (non-hydrogen) atoms. The van der Waals surface area contributed by atoms with Crippen molar-refractivity contribution in [1.29, 1.82) is 0 Å². The normalized spacial score (nSPS) is 23.1. The maximum Gasteiger partial charge on any atom is 0.0340 e. The van der Waals surface area contributed by atoms with Crippen molar-refractivity contribution < 1.29 is 0 Å². The van der Waals surface area contributed by atoms with Crippen LogP contribution in [0.25, 0.3) is 0 Å². The zero-order valence-electron chi connectivity index (χ0n) is 5.30. The summed E-state index contributed by atoms with van der Waals surface area (Å²) in [6, 6.07) is 0. The van der Waals surface area contributed by atoms with Gasteiger partial charge in [0, 0.05) is 12.4 Å². The molecule has 2 rings (SSSR count). The van der Waals surface area contributed by atoms with E-state index in [9.17, 15) is 0 Å². The lowest BCUT2D eigenvalue weighted by Gasteiger charge is -2.07. The van der Waals surface area contributed by atoms with Crippen molar-refractivity contribution in [2.24, 2.45) is 4.99 Å². The van der Waals surface area contributed by atoms with Gasteiger partial charge in [0.25, 0.3) is 0 Å². The van der Waals surface area contributed by atoms with E-state index in [2.05, 4.69) is 11.1 Å². The monoisotopic (exact) mass is 119 g/mol. The van der Waals surface area contributed by atoms with Crippen molar-refractivity contribution in [1.82, 2.24) is 0 Å². The van der Waals surface area contributed by atoms with Crippen LogP contribution in [0, 0.1) is 0 Å². The Balaban J connectivity index is 2.38. The summed E-state index contributed by atoms with van der Waals surface area (Å²) in [5.74, 6) is 0. The highest BCUT2D eigenvalue weighted by molar-refractivity contribution is 5.88. The van der Waals surface area contributed by atoms with Gasteiger partial charge in [-0.15, -0.1) is 0 Å². The van der Waals surface area contributed by atoms with Crippen LogP contribution in [0.4, 0.5) is 0 Å². The lowest BCUT2D eigenvalue weighted by atomic mass is 9.96. The van der Waals surface area contributed by atoms with E-state index in [1.165, 1.54) is 30.4 Å². The van der Waals surface area contributed by atoms with Gasteiger partial charge in [0.2, 0.25) is 0 Å². The molecule has 0 radical (unpaired) electrons. The van der Waals surface area contributed by atoms with Crippen molar-refractivity contribution in [2.45, 2.75) is 19.3 Å². The summed E-state index contributed by atoms with van der Waals surface area (Å²) in [6.45, 7) is 0. The van der Waals surface area contributed by atoms with Crippen molar-refractivity contribution >= 4 is 6.21 Å². The van der Waals surface area contributed by atoms with Crippen LogP contribution in [0.5, 0.6) is 0 Å². The standard InChI is InChI=1S/C8H9N/c1-2-4-8-6-9-5-7(8)3-1/h3,5-6H,1-2,4H2. The molecule has 1 nitrogen and oxygen atoms in total. The smallest absolute Gasteiger partial charge is 0.0340 e. The molecule has 0 aromatic rings. The SMILES string of the molecule is C1=NC=C2CCCC=C12. The predicted molar refractivity (Wildman–Crippen MR) is 38.5 cm³/mol. The Bertz CT molecular complexity index is 209. The van der Waals surface area contributed by atoms with Crippen LogP contribution in [-0.2, 0) is 0 Å². The molecule has 0 aromatic carbocycles. The minimum atomic E-state index is 1.23. The molecule has 1 heterocycles. The van der Waals surface area contributed by atoms with Gasteiger partial charge in [0.15, 0.2) is 0 Å². The van der Waals surface area contributed by atoms with Crippen LogP contribution in [-0.4, -0.2) is 6.21 Å². The Hall–Kier alpha value is -0.850. The van der Waals surface area contributed by atoms with E-state index in [0.29, 0.717) is 0 Å². The largest absolute Gasteiger partial charge is 0.264 e. The quantitative estimate of drug-likeness (QED) is 0.463. The molecule has 1 aliphatic carbocycles. The molecule has 0 aromatic heterocycles. The van der Waals surface area contributed by atoms with E-state index in [-0.39, 0.29) is 0 Å². The van der Waals surface area contributed by atoms with Crippen LogP contribution in [0.1, 0.15) is 19.3 Å². The van der Waals surface area contributed by atoms with Gasteiger partial charge >= 0.3 is 0 Å². The summed E-state index contributed by atoms with van der Waals surface area (Å²) >= 11 is 0. The minimum Gasteiger partial charge on any atom is -0.264 e. The van der Waals surface area contributed by atoms with Crippen LogP contribution in [0.2, 0.25) is 0 Å². The summed E-state index contributed by atoms with van der Waals surface area (Å²) < 4.78 is 0. The van der Waals surface area contributed by atoms with Gasteiger partial charge in [-0.2, -0.15) is 0 Å². The summed E-state index contributed by atoms with van der Waals surface area (Å²) in [5, 5.41) is 0. The Morgan fingerprint density at radius 2 is 2.44 bits per heavy atom. The summed E-state index contributed by atoms with van der Waals surface area (Å²) in [5.41, 5.74) is 2.79. The van der Waals surface area contributed by atoms with Crippen LogP contribution in [0.15, 0.2) is 28.4 Å². The zero-order chi connectivity index (χ0) is 6.10. The molecule has 0 saturated carbocycles. The van der Waals surface area contributed by atoms with Crippen LogP contribution < -0.4 is 0 Å². The second-order valence-corrected chi connectivity index (χ2v) is 2.48. The van der Waals surface area contributed by atoms with Gasteiger partial charge in [-0.3, -0.25) is 4.99 Å². The molecule has 46 valence electrons. The Labute approximate surface area is 54.8 Å². The third-order valence-electron chi connectivity index (χ3n) is 1.83. The average molecular weight is 119 g/mol. The maximum atomic E-state index is 4.07. The lowest BCUT2D eigenvalue weighted by Crippen LogP contribution is -1.92. The van der Waals surface area contributed by atoms with Gasteiger partial charge in [0.05, 0.1) is 0 Å². The van der Waals surface area contributed by atoms with Crippen molar-refractivity contribution in [3.05, 3.63) is 23.4 Å². The number of aliphatic imine (C=N–C) groups is 1. The van der Waals surface area contributed by atoms with Crippen molar-refractivity contribution in [3.63, 3.8) is 0 Å². The Morgan fingerprint density at radius 3 is 3.33 bits per heavy atom. The van der Waals surface area contributed by atoms with Gasteiger partial charge in [-0.25, -0.2) is 0 Å². The lowest BCUT2D eigenvalue weighted by molar-refractivity contribution is 0.815. The summed E-state index contributed by atoms with van der Waals surface area (Å²) in [6.07, 6.45) is 9.97. The summed E-state index contributed by atoms with van der Waals surface area (Å²) in [4.78, 5) is 4.07. The number of hydrogen-bond donors (Lipinski definition) is 0. The highest BCUT2D eigenvalue weighted by Crippen LogP contribution is 2.25. The fraction of sp³-hybridized carbons (Fsp3) is 0.375. The number of rotatable bonds is 0. The molecular formula is C8H9N. The molecule has 2 aliphatic rings. The topological polar surface area (TPSA) is 12.4 Å². The van der Waals surface area contributed by atoms with Gasteiger partial charge in [-0.05, 0) is 30.4 Å².